The Morgan fingerprint density at radius 2 is 1.66 bits per heavy atom. The molecule has 0 aliphatic rings. The number of ether oxygens (including phenoxy) is 1. The van der Waals surface area contributed by atoms with E-state index in [-0.39, 0.29) is 18.2 Å². The van der Waals surface area contributed by atoms with Crippen LogP contribution in [0.1, 0.15) is 22.7 Å². The second-order valence-electron chi connectivity index (χ2n) is 6.64. The van der Waals surface area contributed by atoms with Gasteiger partial charge in [0.15, 0.2) is 0 Å². The maximum atomic E-state index is 13.3. The van der Waals surface area contributed by atoms with E-state index < -0.39 is 22.9 Å². The lowest BCUT2D eigenvalue weighted by Crippen LogP contribution is -2.32. The maximum absolute atomic E-state index is 13.3. The van der Waals surface area contributed by atoms with Gasteiger partial charge in [0.2, 0.25) is 0 Å². The number of alkyl carbamates (subject to hydrolysis) is 1. The van der Waals surface area contributed by atoms with Crippen LogP contribution in [0.25, 0.3) is 0 Å². The van der Waals surface area contributed by atoms with Gasteiger partial charge in [-0.15, -0.1) is 0 Å². The van der Waals surface area contributed by atoms with E-state index in [1.54, 1.807) is 24.3 Å². The molecule has 0 radical (unpaired) electrons. The largest absolute Gasteiger partial charge is 0.445 e. The molecule has 2 atom stereocenters. The molecule has 3 rings (SSSR count). The number of amides is 1. The van der Waals surface area contributed by atoms with Crippen molar-refractivity contribution >= 4 is 16.9 Å². The molecule has 0 saturated carbocycles. The molecular formula is C23H22FNO3S. The summed E-state index contributed by atoms with van der Waals surface area (Å²) >= 11 is 0. The predicted molar refractivity (Wildman–Crippen MR) is 111 cm³/mol. The molecule has 0 heterocycles. The SMILES string of the molecule is Cc1ccc(S(=O)C[C@@H](NC(=O)OCc2ccccc2)c2ccc(F)cc2)cc1. The molecule has 3 aromatic carbocycles. The highest BCUT2D eigenvalue weighted by Gasteiger charge is 2.20. The number of hydrogen-bond donors (Lipinski definition) is 1. The van der Waals surface area contributed by atoms with Gasteiger partial charge in [-0.05, 0) is 42.3 Å². The standard InChI is InChI=1S/C23H22FNO3S/c1-17-7-13-21(14-8-17)29(27)16-22(19-9-11-20(24)12-10-19)25-23(26)28-15-18-5-3-2-4-6-18/h2-14,22H,15-16H2,1H3,(H,25,26)/t22-,29?/m1/s1. The number of benzene rings is 3. The Balaban J connectivity index is 1.70. The molecule has 1 unspecified atom stereocenters. The van der Waals surface area contributed by atoms with Crippen LogP contribution in [0.2, 0.25) is 0 Å². The molecule has 0 aromatic heterocycles. The number of aryl methyl sites for hydroxylation is 1. The lowest BCUT2D eigenvalue weighted by atomic mass is 10.1. The van der Waals surface area contributed by atoms with E-state index in [4.69, 9.17) is 4.74 Å². The van der Waals surface area contributed by atoms with Gasteiger partial charge in [-0.3, -0.25) is 4.21 Å². The van der Waals surface area contributed by atoms with Crippen LogP contribution in [0.3, 0.4) is 0 Å². The maximum Gasteiger partial charge on any atom is 0.407 e. The summed E-state index contributed by atoms with van der Waals surface area (Å²) in [6.45, 7) is 2.09. The number of hydrogen-bond acceptors (Lipinski definition) is 3. The molecule has 4 nitrogen and oxygen atoms in total. The molecule has 29 heavy (non-hydrogen) atoms. The second kappa shape index (κ2) is 9.98. The summed E-state index contributed by atoms with van der Waals surface area (Å²) in [6, 6.07) is 21.9. The smallest absolute Gasteiger partial charge is 0.407 e. The van der Waals surface area contributed by atoms with Crippen molar-refractivity contribution in [1.29, 1.82) is 0 Å². The molecule has 150 valence electrons. The zero-order valence-corrected chi connectivity index (χ0v) is 16.8. The molecule has 3 aromatic rings. The fraction of sp³-hybridized carbons (Fsp3) is 0.174. The molecular weight excluding hydrogens is 389 g/mol. The molecule has 0 fully saturated rings. The summed E-state index contributed by atoms with van der Waals surface area (Å²) in [5, 5.41) is 2.76. The van der Waals surface area contributed by atoms with Crippen molar-refractivity contribution in [2.45, 2.75) is 24.5 Å². The molecule has 0 saturated heterocycles. The summed E-state index contributed by atoms with van der Waals surface area (Å²) in [6.07, 6.45) is -0.621. The highest BCUT2D eigenvalue weighted by Crippen LogP contribution is 2.19. The number of nitrogens with one attached hydrogen (secondary N) is 1. The Hall–Kier alpha value is -2.99. The average Bonchev–Trinajstić information content (AvgIpc) is 2.73. The monoisotopic (exact) mass is 411 g/mol. The minimum absolute atomic E-state index is 0.129. The zero-order chi connectivity index (χ0) is 20.6. The second-order valence-corrected chi connectivity index (χ2v) is 8.13. The van der Waals surface area contributed by atoms with Gasteiger partial charge in [0.1, 0.15) is 12.4 Å². The van der Waals surface area contributed by atoms with Crippen molar-refractivity contribution in [2.24, 2.45) is 0 Å². The van der Waals surface area contributed by atoms with Gasteiger partial charge in [-0.25, -0.2) is 9.18 Å². The minimum atomic E-state index is -1.35. The molecule has 6 heteroatoms. The summed E-state index contributed by atoms with van der Waals surface area (Å²) in [5.41, 5.74) is 2.59. The first-order valence-corrected chi connectivity index (χ1v) is 10.5. The predicted octanol–water partition coefficient (Wildman–Crippen LogP) is 4.91. The van der Waals surface area contributed by atoms with E-state index in [0.717, 1.165) is 11.1 Å². The van der Waals surface area contributed by atoms with E-state index >= 15 is 0 Å². The van der Waals surface area contributed by atoms with Gasteiger partial charge in [-0.2, -0.15) is 0 Å². The van der Waals surface area contributed by atoms with E-state index in [1.807, 2.05) is 49.4 Å². The number of halogens is 1. The van der Waals surface area contributed by atoms with E-state index in [9.17, 15) is 13.4 Å². The van der Waals surface area contributed by atoms with Crippen LogP contribution in [0.4, 0.5) is 9.18 Å². The first-order valence-electron chi connectivity index (χ1n) is 9.19. The Morgan fingerprint density at radius 3 is 2.31 bits per heavy atom. The zero-order valence-electron chi connectivity index (χ0n) is 16.0. The van der Waals surface area contributed by atoms with E-state index in [1.165, 1.54) is 12.1 Å². The molecule has 1 amide bonds. The Kier molecular flexibility index (Phi) is 7.14. The van der Waals surface area contributed by atoms with Gasteiger partial charge in [-0.1, -0.05) is 60.2 Å². The summed E-state index contributed by atoms with van der Waals surface area (Å²) < 4.78 is 31.4. The molecule has 1 N–H and O–H groups in total. The fourth-order valence-corrected chi connectivity index (χ4v) is 3.97. The number of carbonyl (C=O) groups is 1. The quantitative estimate of drug-likeness (QED) is 0.601. The fourth-order valence-electron chi connectivity index (χ4n) is 2.76. The first kappa shape index (κ1) is 20.7. The van der Waals surface area contributed by atoms with Gasteiger partial charge in [0, 0.05) is 4.90 Å². The minimum Gasteiger partial charge on any atom is -0.445 e. The Labute approximate surface area is 172 Å². The third-order valence-corrected chi connectivity index (χ3v) is 5.81. The lowest BCUT2D eigenvalue weighted by molar-refractivity contribution is 0.136. The van der Waals surface area contributed by atoms with E-state index in [2.05, 4.69) is 5.32 Å². The van der Waals surface area contributed by atoms with Gasteiger partial charge >= 0.3 is 6.09 Å². The van der Waals surface area contributed by atoms with Crippen LogP contribution in [0.15, 0.2) is 83.8 Å². The normalized spacial score (nSPS) is 12.8. The third-order valence-electron chi connectivity index (χ3n) is 4.38. The Morgan fingerprint density at radius 1 is 1.00 bits per heavy atom. The lowest BCUT2D eigenvalue weighted by Gasteiger charge is -2.19. The van der Waals surface area contributed by atoms with Crippen molar-refractivity contribution < 1.29 is 18.1 Å². The van der Waals surface area contributed by atoms with Crippen molar-refractivity contribution in [2.75, 3.05) is 5.75 Å². The highest BCUT2D eigenvalue weighted by molar-refractivity contribution is 7.85. The topological polar surface area (TPSA) is 55.4 Å². The first-order chi connectivity index (χ1) is 14.0. The molecule has 0 aliphatic carbocycles. The van der Waals surface area contributed by atoms with Crippen molar-refractivity contribution in [3.05, 3.63) is 101 Å². The molecule has 0 bridgehead atoms. The van der Waals surface area contributed by atoms with Crippen LogP contribution < -0.4 is 5.32 Å². The van der Waals surface area contributed by atoms with Gasteiger partial charge < -0.3 is 10.1 Å². The van der Waals surface area contributed by atoms with Crippen molar-refractivity contribution in [3.8, 4) is 0 Å². The van der Waals surface area contributed by atoms with Crippen molar-refractivity contribution in [1.82, 2.24) is 5.32 Å². The summed E-state index contributed by atoms with van der Waals surface area (Å²) in [7, 11) is -1.35. The van der Waals surface area contributed by atoms with Crippen LogP contribution in [0, 0.1) is 12.7 Å². The van der Waals surface area contributed by atoms with Crippen LogP contribution in [0.5, 0.6) is 0 Å². The van der Waals surface area contributed by atoms with Crippen LogP contribution in [-0.2, 0) is 22.1 Å². The number of rotatable bonds is 7. The third kappa shape index (κ3) is 6.26. The van der Waals surface area contributed by atoms with Gasteiger partial charge in [0.05, 0.1) is 22.6 Å². The van der Waals surface area contributed by atoms with Crippen LogP contribution in [-0.4, -0.2) is 16.1 Å². The van der Waals surface area contributed by atoms with Gasteiger partial charge in [0.25, 0.3) is 0 Å². The average molecular weight is 411 g/mol. The van der Waals surface area contributed by atoms with E-state index in [0.29, 0.717) is 10.5 Å². The Bertz CT molecular complexity index is 960. The summed E-state index contributed by atoms with van der Waals surface area (Å²) in [4.78, 5) is 13.0. The molecule has 0 spiro atoms. The number of carbonyl (C=O) groups excluding carboxylic acids is 1. The highest BCUT2D eigenvalue weighted by atomic mass is 32.2. The van der Waals surface area contributed by atoms with Crippen molar-refractivity contribution in [3.63, 3.8) is 0 Å². The van der Waals surface area contributed by atoms with Crippen LogP contribution >= 0.6 is 0 Å². The summed E-state index contributed by atoms with van der Waals surface area (Å²) in [5.74, 6) is -0.228. The molecule has 0 aliphatic heterocycles.